The molecule has 1 aliphatic carbocycles. The highest BCUT2D eigenvalue weighted by Crippen LogP contribution is 2.26. The summed E-state index contributed by atoms with van der Waals surface area (Å²) in [5.74, 6) is 0. The van der Waals surface area contributed by atoms with E-state index >= 15 is 0 Å². The summed E-state index contributed by atoms with van der Waals surface area (Å²) in [6.45, 7) is 0. The summed E-state index contributed by atoms with van der Waals surface area (Å²) >= 11 is 0. The van der Waals surface area contributed by atoms with Gasteiger partial charge in [0.25, 0.3) is 0 Å². The number of hydrogen-bond donors (Lipinski definition) is 1. The molecule has 1 aromatic heterocycles. The summed E-state index contributed by atoms with van der Waals surface area (Å²) in [6, 6.07) is 10.1. The molecule has 2 N–H and O–H groups in total. The van der Waals surface area contributed by atoms with Gasteiger partial charge < -0.3 is 5.73 Å². The fraction of sp³-hybridized carbons (Fsp3) is 0.214. The third-order valence-electron chi connectivity index (χ3n) is 3.18. The average Bonchev–Trinajstić information content (AvgIpc) is 2.77. The summed E-state index contributed by atoms with van der Waals surface area (Å²) in [6.07, 6.45) is 5.67. The Hall–Kier alpha value is -1.83. The second kappa shape index (κ2) is 3.63. The van der Waals surface area contributed by atoms with Crippen LogP contribution < -0.4 is 5.73 Å². The molecule has 2 nitrogen and oxygen atoms in total. The van der Waals surface area contributed by atoms with E-state index in [0.29, 0.717) is 0 Å². The number of fused-ring (bicyclic) bond motifs is 1. The van der Waals surface area contributed by atoms with Gasteiger partial charge in [0.05, 0.1) is 5.69 Å². The van der Waals surface area contributed by atoms with Crippen LogP contribution in [0.1, 0.15) is 17.5 Å². The predicted octanol–water partition coefficient (Wildman–Crippen LogP) is 2.82. The maximum Gasteiger partial charge on any atom is 0.0704 e. The first-order valence-corrected chi connectivity index (χ1v) is 5.66. The van der Waals surface area contributed by atoms with Crippen LogP contribution in [0.5, 0.6) is 0 Å². The van der Waals surface area contributed by atoms with Crippen molar-refractivity contribution in [1.82, 2.24) is 4.98 Å². The van der Waals surface area contributed by atoms with Gasteiger partial charge in [-0.15, -0.1) is 0 Å². The Morgan fingerprint density at radius 2 is 1.75 bits per heavy atom. The molecule has 0 bridgehead atoms. The van der Waals surface area contributed by atoms with Crippen LogP contribution in [-0.2, 0) is 12.8 Å². The maximum absolute atomic E-state index is 5.67. The van der Waals surface area contributed by atoms with Crippen LogP contribution in [0.25, 0.3) is 11.3 Å². The van der Waals surface area contributed by atoms with Gasteiger partial charge in [-0.05, 0) is 48.6 Å². The Bertz CT molecular complexity index is 515. The molecule has 0 spiro atoms. The highest BCUT2D eigenvalue weighted by atomic mass is 14.7. The fourth-order valence-corrected chi connectivity index (χ4v) is 2.26. The third kappa shape index (κ3) is 1.56. The standard InChI is InChI=1S/C14H14N2/c15-13-6-4-10(5-7-13)14-8-11-2-1-3-12(11)9-16-14/h4-9H,1-3,15H2. The van der Waals surface area contributed by atoms with E-state index in [2.05, 4.69) is 11.1 Å². The van der Waals surface area contributed by atoms with E-state index in [9.17, 15) is 0 Å². The third-order valence-corrected chi connectivity index (χ3v) is 3.18. The van der Waals surface area contributed by atoms with Crippen molar-refractivity contribution in [3.05, 3.63) is 47.7 Å². The van der Waals surface area contributed by atoms with Gasteiger partial charge in [0.15, 0.2) is 0 Å². The van der Waals surface area contributed by atoms with Gasteiger partial charge >= 0.3 is 0 Å². The number of nitrogens with zero attached hydrogens (tertiary/aromatic N) is 1. The molecule has 0 radical (unpaired) electrons. The van der Waals surface area contributed by atoms with E-state index < -0.39 is 0 Å². The Morgan fingerprint density at radius 3 is 2.56 bits per heavy atom. The summed E-state index contributed by atoms with van der Waals surface area (Å²) in [5, 5.41) is 0. The molecule has 1 aromatic carbocycles. The quantitative estimate of drug-likeness (QED) is 0.735. The summed E-state index contributed by atoms with van der Waals surface area (Å²) < 4.78 is 0. The molecular weight excluding hydrogens is 196 g/mol. The second-order valence-corrected chi connectivity index (χ2v) is 4.31. The molecule has 0 atom stereocenters. The maximum atomic E-state index is 5.67. The van der Waals surface area contributed by atoms with Gasteiger partial charge in [0.1, 0.15) is 0 Å². The molecule has 0 aliphatic heterocycles. The summed E-state index contributed by atoms with van der Waals surface area (Å²) in [5.41, 5.74) is 11.5. The minimum atomic E-state index is 0.796. The van der Waals surface area contributed by atoms with E-state index in [1.807, 2.05) is 30.5 Å². The number of anilines is 1. The van der Waals surface area contributed by atoms with Crippen molar-refractivity contribution in [3.63, 3.8) is 0 Å². The second-order valence-electron chi connectivity index (χ2n) is 4.31. The molecule has 0 saturated heterocycles. The molecule has 80 valence electrons. The van der Waals surface area contributed by atoms with Crippen LogP contribution in [0.2, 0.25) is 0 Å². The lowest BCUT2D eigenvalue weighted by Crippen LogP contribution is -1.90. The minimum Gasteiger partial charge on any atom is -0.399 e. The number of rotatable bonds is 1. The monoisotopic (exact) mass is 210 g/mol. The number of aromatic nitrogens is 1. The highest BCUT2D eigenvalue weighted by molar-refractivity contribution is 5.63. The molecular formula is C14H14N2. The van der Waals surface area contributed by atoms with Crippen molar-refractivity contribution in [2.24, 2.45) is 0 Å². The number of pyridine rings is 1. The molecule has 0 saturated carbocycles. The Balaban J connectivity index is 2.03. The lowest BCUT2D eigenvalue weighted by atomic mass is 10.1. The number of aryl methyl sites for hydroxylation is 2. The molecule has 1 heterocycles. The van der Waals surface area contributed by atoms with E-state index in [-0.39, 0.29) is 0 Å². The van der Waals surface area contributed by atoms with E-state index in [0.717, 1.165) is 16.9 Å². The molecule has 16 heavy (non-hydrogen) atoms. The Labute approximate surface area is 95.1 Å². The molecule has 0 amide bonds. The van der Waals surface area contributed by atoms with Gasteiger partial charge in [-0.2, -0.15) is 0 Å². The van der Waals surface area contributed by atoms with Crippen LogP contribution >= 0.6 is 0 Å². The van der Waals surface area contributed by atoms with Gasteiger partial charge in [0, 0.05) is 17.4 Å². The van der Waals surface area contributed by atoms with Crippen molar-refractivity contribution in [2.75, 3.05) is 5.73 Å². The van der Waals surface area contributed by atoms with Crippen molar-refractivity contribution in [2.45, 2.75) is 19.3 Å². The lowest BCUT2D eigenvalue weighted by molar-refractivity contribution is 0.911. The smallest absolute Gasteiger partial charge is 0.0704 e. The van der Waals surface area contributed by atoms with Crippen LogP contribution in [0.3, 0.4) is 0 Å². The summed E-state index contributed by atoms with van der Waals surface area (Å²) in [7, 11) is 0. The van der Waals surface area contributed by atoms with E-state index in [4.69, 9.17) is 5.73 Å². The zero-order chi connectivity index (χ0) is 11.0. The van der Waals surface area contributed by atoms with Crippen LogP contribution in [0.4, 0.5) is 5.69 Å². The molecule has 0 fully saturated rings. The van der Waals surface area contributed by atoms with Gasteiger partial charge in [-0.1, -0.05) is 12.1 Å². The Kier molecular flexibility index (Phi) is 2.13. The molecule has 2 heteroatoms. The number of hydrogen-bond acceptors (Lipinski definition) is 2. The molecule has 3 rings (SSSR count). The minimum absolute atomic E-state index is 0.796. The van der Waals surface area contributed by atoms with Crippen LogP contribution in [0.15, 0.2) is 36.5 Å². The van der Waals surface area contributed by atoms with Crippen molar-refractivity contribution >= 4 is 5.69 Å². The van der Waals surface area contributed by atoms with Gasteiger partial charge in [-0.25, -0.2) is 0 Å². The lowest BCUT2D eigenvalue weighted by Gasteiger charge is -2.04. The highest BCUT2D eigenvalue weighted by Gasteiger charge is 2.12. The first kappa shape index (κ1) is 9.40. The molecule has 1 aliphatic rings. The molecule has 2 aromatic rings. The number of nitrogens with two attached hydrogens (primary N) is 1. The van der Waals surface area contributed by atoms with E-state index in [1.54, 1.807) is 0 Å². The van der Waals surface area contributed by atoms with Gasteiger partial charge in [-0.3, -0.25) is 4.98 Å². The zero-order valence-electron chi connectivity index (χ0n) is 9.11. The van der Waals surface area contributed by atoms with E-state index in [1.165, 1.54) is 30.4 Å². The van der Waals surface area contributed by atoms with Crippen LogP contribution in [0, 0.1) is 0 Å². The van der Waals surface area contributed by atoms with Crippen molar-refractivity contribution in [1.29, 1.82) is 0 Å². The van der Waals surface area contributed by atoms with Crippen LogP contribution in [-0.4, -0.2) is 4.98 Å². The Morgan fingerprint density at radius 1 is 1.00 bits per heavy atom. The SMILES string of the molecule is Nc1ccc(-c2cc3c(cn2)CCC3)cc1. The average molecular weight is 210 g/mol. The van der Waals surface area contributed by atoms with Gasteiger partial charge in [0.2, 0.25) is 0 Å². The topological polar surface area (TPSA) is 38.9 Å². The fourth-order valence-electron chi connectivity index (χ4n) is 2.26. The van der Waals surface area contributed by atoms with Crippen molar-refractivity contribution < 1.29 is 0 Å². The normalized spacial score (nSPS) is 13.8. The number of benzene rings is 1. The van der Waals surface area contributed by atoms with Crippen molar-refractivity contribution in [3.8, 4) is 11.3 Å². The zero-order valence-corrected chi connectivity index (χ0v) is 9.11. The molecule has 0 unspecified atom stereocenters. The summed E-state index contributed by atoms with van der Waals surface area (Å²) in [4.78, 5) is 4.51. The first-order valence-electron chi connectivity index (χ1n) is 5.66. The first-order chi connectivity index (χ1) is 7.83. The largest absolute Gasteiger partial charge is 0.399 e. The predicted molar refractivity (Wildman–Crippen MR) is 66.1 cm³/mol. The number of nitrogen functional groups attached to an aromatic ring is 1.